The molecule has 2 atom stereocenters. The lowest BCUT2D eigenvalue weighted by Crippen LogP contribution is -2.37. The van der Waals surface area contributed by atoms with E-state index in [9.17, 15) is 10.1 Å². The Morgan fingerprint density at radius 1 is 1.29 bits per heavy atom. The minimum atomic E-state index is -0.348. The molecule has 0 saturated carbocycles. The summed E-state index contributed by atoms with van der Waals surface area (Å²) in [5.74, 6) is -0.118. The van der Waals surface area contributed by atoms with Crippen LogP contribution in [0.25, 0.3) is 0 Å². The van der Waals surface area contributed by atoms with Gasteiger partial charge in [-0.25, -0.2) is 0 Å². The second-order valence-corrected chi connectivity index (χ2v) is 5.41. The molecule has 0 bridgehead atoms. The van der Waals surface area contributed by atoms with Gasteiger partial charge in [-0.2, -0.15) is 0 Å². The molecule has 4 rings (SSSR count). The number of likely N-dealkylation sites (N-methyl/N-ethyl adjacent to an activating group) is 1. The first-order valence-electron chi connectivity index (χ1n) is 6.81. The first-order chi connectivity index (χ1) is 10.1. The van der Waals surface area contributed by atoms with E-state index in [1.54, 1.807) is 12.2 Å². The van der Waals surface area contributed by atoms with Crippen molar-refractivity contribution < 1.29 is 4.92 Å². The number of aliphatic imine (C=N–C) groups is 1. The number of hydrogen-bond donors (Lipinski definition) is 0. The van der Waals surface area contributed by atoms with Gasteiger partial charge in [0, 0.05) is 19.2 Å². The molecule has 2 aliphatic heterocycles. The molecule has 2 unspecified atom stereocenters. The van der Waals surface area contributed by atoms with Gasteiger partial charge in [0.05, 0.1) is 34.0 Å². The van der Waals surface area contributed by atoms with E-state index in [4.69, 9.17) is 0 Å². The van der Waals surface area contributed by atoms with Gasteiger partial charge in [-0.3, -0.25) is 15.1 Å². The molecular weight excluding hydrogens is 266 g/mol. The van der Waals surface area contributed by atoms with Crippen LogP contribution in [0.15, 0.2) is 76.3 Å². The smallest absolute Gasteiger partial charge is 0.266 e. The Labute approximate surface area is 121 Å². The standard InChI is InChI=1S/C16H13N3O2/c1-18-15-5-3-2-4-10(15)8-14-16(18)12-9-11(19(20)21)6-7-13(12)17-14/h2-9,12,15H,1H3. The van der Waals surface area contributed by atoms with Gasteiger partial charge >= 0.3 is 0 Å². The van der Waals surface area contributed by atoms with Crippen molar-refractivity contribution in [1.82, 2.24) is 4.90 Å². The molecule has 2 aliphatic carbocycles. The summed E-state index contributed by atoms with van der Waals surface area (Å²) in [5.41, 5.74) is 4.16. The van der Waals surface area contributed by atoms with Crippen LogP contribution in [-0.4, -0.2) is 28.6 Å². The summed E-state index contributed by atoms with van der Waals surface area (Å²) in [4.78, 5) is 17.4. The van der Waals surface area contributed by atoms with Crippen LogP contribution in [0.3, 0.4) is 0 Å². The Hall–Kier alpha value is -2.69. The summed E-state index contributed by atoms with van der Waals surface area (Å²) in [6.07, 6.45) is 15.3. The molecule has 0 aromatic heterocycles. The van der Waals surface area contributed by atoms with Crippen molar-refractivity contribution in [3.8, 4) is 0 Å². The van der Waals surface area contributed by atoms with Crippen LogP contribution in [0.5, 0.6) is 0 Å². The highest BCUT2D eigenvalue weighted by Gasteiger charge is 2.37. The summed E-state index contributed by atoms with van der Waals surface area (Å²) < 4.78 is 0. The molecule has 0 spiro atoms. The zero-order valence-electron chi connectivity index (χ0n) is 11.4. The van der Waals surface area contributed by atoms with Crippen molar-refractivity contribution in [3.63, 3.8) is 0 Å². The monoisotopic (exact) mass is 279 g/mol. The molecule has 2 heterocycles. The number of allylic oxidation sites excluding steroid dienone is 6. The molecule has 0 amide bonds. The predicted molar refractivity (Wildman–Crippen MR) is 80.1 cm³/mol. The van der Waals surface area contributed by atoms with Gasteiger partial charge in [-0.05, 0) is 17.7 Å². The van der Waals surface area contributed by atoms with Gasteiger partial charge in [0.1, 0.15) is 0 Å². The average molecular weight is 279 g/mol. The molecule has 5 heteroatoms. The van der Waals surface area contributed by atoms with Gasteiger partial charge in [-0.1, -0.05) is 24.3 Å². The Balaban J connectivity index is 1.81. The third-order valence-corrected chi connectivity index (χ3v) is 4.23. The van der Waals surface area contributed by atoms with Crippen molar-refractivity contribution in [1.29, 1.82) is 0 Å². The maximum Gasteiger partial charge on any atom is 0.266 e. The van der Waals surface area contributed by atoms with E-state index in [2.05, 4.69) is 28.1 Å². The average Bonchev–Trinajstić information content (AvgIpc) is 2.84. The fraction of sp³-hybridized carbons (Fsp3) is 0.188. The maximum atomic E-state index is 11.0. The lowest BCUT2D eigenvalue weighted by molar-refractivity contribution is -0.419. The van der Waals surface area contributed by atoms with Gasteiger partial charge in [0.25, 0.3) is 5.70 Å². The van der Waals surface area contributed by atoms with E-state index in [-0.39, 0.29) is 22.6 Å². The highest BCUT2D eigenvalue weighted by atomic mass is 16.6. The predicted octanol–water partition coefficient (Wildman–Crippen LogP) is 2.37. The number of fused-ring (bicyclic) bond motifs is 3. The third kappa shape index (κ3) is 1.67. The quantitative estimate of drug-likeness (QED) is 0.547. The van der Waals surface area contributed by atoms with Gasteiger partial charge in [-0.15, -0.1) is 0 Å². The first-order valence-corrected chi connectivity index (χ1v) is 6.81. The van der Waals surface area contributed by atoms with E-state index < -0.39 is 0 Å². The maximum absolute atomic E-state index is 11.0. The lowest BCUT2D eigenvalue weighted by Gasteiger charge is -2.36. The number of nitrogens with zero attached hydrogens (tertiary/aromatic N) is 3. The molecule has 0 fully saturated rings. The van der Waals surface area contributed by atoms with Gasteiger partial charge in [0.15, 0.2) is 0 Å². The molecule has 0 saturated heterocycles. The number of rotatable bonds is 1. The molecule has 104 valence electrons. The van der Waals surface area contributed by atoms with E-state index in [0.29, 0.717) is 0 Å². The fourth-order valence-electron chi connectivity index (χ4n) is 3.24. The molecule has 4 aliphatic rings. The van der Waals surface area contributed by atoms with E-state index in [1.807, 2.05) is 19.2 Å². The van der Waals surface area contributed by atoms with Gasteiger partial charge < -0.3 is 4.90 Å². The fourth-order valence-corrected chi connectivity index (χ4v) is 3.24. The summed E-state index contributed by atoms with van der Waals surface area (Å²) in [6.45, 7) is 0. The summed E-state index contributed by atoms with van der Waals surface area (Å²) in [6, 6.07) is 0.182. The molecule has 0 N–H and O–H groups in total. The van der Waals surface area contributed by atoms with Crippen molar-refractivity contribution in [3.05, 3.63) is 81.4 Å². The van der Waals surface area contributed by atoms with Crippen LogP contribution in [0.2, 0.25) is 0 Å². The molecule has 21 heavy (non-hydrogen) atoms. The van der Waals surface area contributed by atoms with Crippen LogP contribution in [0.4, 0.5) is 0 Å². The van der Waals surface area contributed by atoms with Crippen molar-refractivity contribution in [2.75, 3.05) is 7.05 Å². The lowest BCUT2D eigenvalue weighted by atomic mass is 9.89. The van der Waals surface area contributed by atoms with Crippen LogP contribution in [0.1, 0.15) is 0 Å². The number of nitro groups is 1. The highest BCUT2D eigenvalue weighted by Crippen LogP contribution is 2.40. The second-order valence-electron chi connectivity index (χ2n) is 5.41. The third-order valence-electron chi connectivity index (χ3n) is 4.23. The summed E-state index contributed by atoms with van der Waals surface area (Å²) in [5, 5.41) is 11.0. The van der Waals surface area contributed by atoms with Gasteiger partial charge in [0.2, 0.25) is 0 Å². The Kier molecular flexibility index (Phi) is 2.39. The van der Waals surface area contributed by atoms with Crippen LogP contribution in [0, 0.1) is 16.0 Å². The van der Waals surface area contributed by atoms with Crippen molar-refractivity contribution in [2.24, 2.45) is 10.9 Å². The van der Waals surface area contributed by atoms with E-state index in [0.717, 1.165) is 17.1 Å². The van der Waals surface area contributed by atoms with Crippen LogP contribution in [-0.2, 0) is 0 Å². The van der Waals surface area contributed by atoms with E-state index >= 15 is 0 Å². The molecule has 0 aromatic rings. The molecule has 0 radical (unpaired) electrons. The largest absolute Gasteiger partial charge is 0.365 e. The number of hydrogen-bond acceptors (Lipinski definition) is 4. The SMILES string of the molecule is CN1C2=C(C=C3C=CC=CC31)N=C1C=CC([N+](=O)[O-])=CC12. The van der Waals surface area contributed by atoms with Crippen LogP contribution >= 0.6 is 0 Å². The molecular formula is C16H13N3O2. The molecule has 5 nitrogen and oxygen atoms in total. The van der Waals surface area contributed by atoms with Crippen molar-refractivity contribution in [2.45, 2.75) is 6.04 Å². The van der Waals surface area contributed by atoms with E-state index in [1.165, 1.54) is 11.6 Å². The Morgan fingerprint density at radius 2 is 2.14 bits per heavy atom. The minimum absolute atomic E-state index is 0.118. The van der Waals surface area contributed by atoms with Crippen molar-refractivity contribution >= 4 is 5.71 Å². The minimum Gasteiger partial charge on any atom is -0.365 e. The second kappa shape index (κ2) is 4.15. The van der Waals surface area contributed by atoms with Crippen LogP contribution < -0.4 is 0 Å². The summed E-state index contributed by atoms with van der Waals surface area (Å²) in [7, 11) is 2.02. The molecule has 0 aromatic carbocycles. The summed E-state index contributed by atoms with van der Waals surface area (Å²) >= 11 is 0. The Morgan fingerprint density at radius 3 is 2.95 bits per heavy atom. The first kappa shape index (κ1) is 12.1. The highest BCUT2D eigenvalue weighted by molar-refractivity contribution is 6.04. The Bertz CT molecular complexity index is 762. The normalized spacial score (nSPS) is 28.6. The topological polar surface area (TPSA) is 58.7 Å². The zero-order chi connectivity index (χ0) is 14.6. The zero-order valence-corrected chi connectivity index (χ0v) is 11.4.